The molecular formula is C22H39NO3. The summed E-state index contributed by atoms with van der Waals surface area (Å²) in [4.78, 5) is 2.55. The lowest BCUT2D eigenvalue weighted by molar-refractivity contribution is -0.144. The summed E-state index contributed by atoms with van der Waals surface area (Å²) in [5, 5.41) is 0. The van der Waals surface area contributed by atoms with Gasteiger partial charge in [0.05, 0.1) is 17.8 Å². The van der Waals surface area contributed by atoms with Crippen molar-refractivity contribution in [2.75, 3.05) is 32.9 Å². The fourth-order valence-corrected chi connectivity index (χ4v) is 3.41. The molecule has 0 N–H and O–H groups in total. The fourth-order valence-electron chi connectivity index (χ4n) is 3.41. The molecular weight excluding hydrogens is 326 g/mol. The van der Waals surface area contributed by atoms with Crippen LogP contribution in [-0.2, 0) is 14.2 Å². The van der Waals surface area contributed by atoms with Gasteiger partial charge in [-0.05, 0) is 60.3 Å². The molecule has 0 unspecified atom stereocenters. The summed E-state index contributed by atoms with van der Waals surface area (Å²) in [6.45, 7) is 17.5. The third-order valence-corrected chi connectivity index (χ3v) is 5.07. The van der Waals surface area contributed by atoms with E-state index in [-0.39, 0.29) is 5.60 Å². The quantitative estimate of drug-likeness (QED) is 0.482. The summed E-state index contributed by atoms with van der Waals surface area (Å²) in [6.07, 6.45) is 5.04. The first-order chi connectivity index (χ1) is 12.1. The molecule has 0 radical (unpaired) electrons. The van der Waals surface area contributed by atoms with Gasteiger partial charge in [0.15, 0.2) is 0 Å². The predicted molar refractivity (Wildman–Crippen MR) is 106 cm³/mol. The Morgan fingerprint density at radius 3 is 2.19 bits per heavy atom. The molecule has 0 spiro atoms. The Morgan fingerprint density at radius 2 is 1.58 bits per heavy atom. The number of hydrogen-bond acceptors (Lipinski definition) is 4. The molecule has 1 heterocycles. The summed E-state index contributed by atoms with van der Waals surface area (Å²) in [5.74, 6) is 6.94. The molecule has 1 aliphatic carbocycles. The Balaban J connectivity index is 1.37. The maximum absolute atomic E-state index is 5.90. The smallest absolute Gasteiger partial charge is 0.108 e. The minimum Gasteiger partial charge on any atom is -0.372 e. The highest BCUT2D eigenvalue weighted by molar-refractivity contribution is 5.00. The Hall–Kier alpha value is -0.600. The average Bonchev–Trinajstić information content (AvgIpc) is 2.41. The SMILES string of the molecule is CC(C)(C)OC1CC(OCC#CCOCCCC2CN(C(C)(C)C)C2)C1. The molecule has 0 atom stereocenters. The van der Waals surface area contributed by atoms with Gasteiger partial charge in [0.25, 0.3) is 0 Å². The molecule has 2 rings (SSSR count). The van der Waals surface area contributed by atoms with Gasteiger partial charge in [0, 0.05) is 38.1 Å². The average molecular weight is 366 g/mol. The van der Waals surface area contributed by atoms with Gasteiger partial charge in [-0.1, -0.05) is 11.8 Å². The lowest BCUT2D eigenvalue weighted by Gasteiger charge is -2.48. The number of likely N-dealkylation sites (tertiary alicyclic amines) is 1. The van der Waals surface area contributed by atoms with Crippen LogP contribution in [0.3, 0.4) is 0 Å². The van der Waals surface area contributed by atoms with Crippen LogP contribution in [0.15, 0.2) is 0 Å². The van der Waals surface area contributed by atoms with Crippen LogP contribution in [0.1, 0.15) is 67.2 Å². The first kappa shape index (κ1) is 21.7. The molecule has 26 heavy (non-hydrogen) atoms. The highest BCUT2D eigenvalue weighted by atomic mass is 16.5. The van der Waals surface area contributed by atoms with Crippen LogP contribution >= 0.6 is 0 Å². The Bertz CT molecular complexity index is 468. The van der Waals surface area contributed by atoms with E-state index in [1.807, 2.05) is 0 Å². The molecule has 0 aromatic rings. The van der Waals surface area contributed by atoms with E-state index in [1.54, 1.807) is 0 Å². The molecule has 1 aliphatic heterocycles. The summed E-state index contributed by atoms with van der Waals surface area (Å²) in [7, 11) is 0. The van der Waals surface area contributed by atoms with Crippen LogP contribution < -0.4 is 0 Å². The van der Waals surface area contributed by atoms with Gasteiger partial charge in [0.1, 0.15) is 13.2 Å². The molecule has 2 aliphatic rings. The van der Waals surface area contributed by atoms with E-state index < -0.39 is 0 Å². The standard InChI is InChI=1S/C22H39NO3/c1-21(2,3)23-16-18(17-23)10-9-12-24-11-7-8-13-25-19-14-20(15-19)26-22(4,5)6/h18-20H,9-17H2,1-6H3. The first-order valence-corrected chi connectivity index (χ1v) is 10.2. The topological polar surface area (TPSA) is 30.9 Å². The van der Waals surface area contributed by atoms with Crippen molar-refractivity contribution in [2.45, 2.75) is 90.6 Å². The van der Waals surface area contributed by atoms with Gasteiger partial charge < -0.3 is 14.2 Å². The second kappa shape index (κ2) is 9.55. The lowest BCUT2D eigenvalue weighted by atomic mass is 9.89. The van der Waals surface area contributed by atoms with Crippen molar-refractivity contribution in [3.63, 3.8) is 0 Å². The van der Waals surface area contributed by atoms with E-state index in [4.69, 9.17) is 14.2 Å². The third-order valence-electron chi connectivity index (χ3n) is 5.07. The second-order valence-corrected chi connectivity index (χ2v) is 9.75. The van der Waals surface area contributed by atoms with Crippen molar-refractivity contribution in [1.29, 1.82) is 0 Å². The van der Waals surface area contributed by atoms with Gasteiger partial charge in [0.2, 0.25) is 0 Å². The largest absolute Gasteiger partial charge is 0.372 e. The van der Waals surface area contributed by atoms with Crippen LogP contribution in [0, 0.1) is 17.8 Å². The number of ether oxygens (including phenoxy) is 3. The molecule has 0 aromatic heterocycles. The number of nitrogens with zero attached hydrogens (tertiary/aromatic N) is 1. The lowest BCUT2D eigenvalue weighted by Crippen LogP contribution is -2.55. The van der Waals surface area contributed by atoms with E-state index in [9.17, 15) is 0 Å². The zero-order chi connectivity index (χ0) is 19.2. The fraction of sp³-hybridized carbons (Fsp3) is 0.909. The van der Waals surface area contributed by atoms with Crippen LogP contribution in [-0.4, -0.2) is 61.2 Å². The van der Waals surface area contributed by atoms with Crippen LogP contribution in [0.2, 0.25) is 0 Å². The molecule has 150 valence electrons. The van der Waals surface area contributed by atoms with E-state index >= 15 is 0 Å². The van der Waals surface area contributed by atoms with E-state index in [2.05, 4.69) is 58.3 Å². The summed E-state index contributed by atoms with van der Waals surface area (Å²) in [5.41, 5.74) is 0.266. The van der Waals surface area contributed by atoms with Crippen molar-refractivity contribution in [2.24, 2.45) is 5.92 Å². The number of rotatable bonds is 8. The summed E-state index contributed by atoms with van der Waals surface area (Å²) >= 11 is 0. The van der Waals surface area contributed by atoms with Crippen molar-refractivity contribution >= 4 is 0 Å². The van der Waals surface area contributed by atoms with E-state index in [1.165, 1.54) is 19.5 Å². The monoisotopic (exact) mass is 365 g/mol. The zero-order valence-corrected chi connectivity index (χ0v) is 17.8. The van der Waals surface area contributed by atoms with Crippen molar-refractivity contribution in [3.8, 4) is 11.8 Å². The highest BCUT2D eigenvalue weighted by Crippen LogP contribution is 2.30. The van der Waals surface area contributed by atoms with Crippen LogP contribution in [0.4, 0.5) is 0 Å². The highest BCUT2D eigenvalue weighted by Gasteiger charge is 2.34. The Kier molecular flexibility index (Phi) is 7.97. The maximum Gasteiger partial charge on any atom is 0.108 e. The van der Waals surface area contributed by atoms with Gasteiger partial charge in [-0.2, -0.15) is 0 Å². The molecule has 4 nitrogen and oxygen atoms in total. The Morgan fingerprint density at radius 1 is 0.923 bits per heavy atom. The van der Waals surface area contributed by atoms with E-state index in [0.29, 0.717) is 31.0 Å². The predicted octanol–water partition coefficient (Wildman–Crippen LogP) is 3.88. The molecule has 1 saturated heterocycles. The van der Waals surface area contributed by atoms with E-state index in [0.717, 1.165) is 31.8 Å². The van der Waals surface area contributed by atoms with Gasteiger partial charge >= 0.3 is 0 Å². The van der Waals surface area contributed by atoms with Crippen LogP contribution in [0.25, 0.3) is 0 Å². The zero-order valence-electron chi connectivity index (χ0n) is 17.8. The molecule has 0 aromatic carbocycles. The van der Waals surface area contributed by atoms with Crippen LogP contribution in [0.5, 0.6) is 0 Å². The molecule has 1 saturated carbocycles. The van der Waals surface area contributed by atoms with Gasteiger partial charge in [-0.3, -0.25) is 4.90 Å². The molecule has 0 bridgehead atoms. The normalized spacial score (nSPS) is 24.5. The van der Waals surface area contributed by atoms with Crippen molar-refractivity contribution < 1.29 is 14.2 Å². The maximum atomic E-state index is 5.90. The second-order valence-electron chi connectivity index (χ2n) is 9.75. The van der Waals surface area contributed by atoms with Crippen molar-refractivity contribution in [1.82, 2.24) is 4.90 Å². The third kappa shape index (κ3) is 7.96. The van der Waals surface area contributed by atoms with Gasteiger partial charge in [-0.25, -0.2) is 0 Å². The summed E-state index contributed by atoms with van der Waals surface area (Å²) < 4.78 is 17.2. The molecule has 4 heteroatoms. The van der Waals surface area contributed by atoms with Crippen molar-refractivity contribution in [3.05, 3.63) is 0 Å². The molecule has 0 amide bonds. The minimum absolute atomic E-state index is 0.0581. The summed E-state index contributed by atoms with van der Waals surface area (Å²) in [6, 6.07) is 0. The van der Waals surface area contributed by atoms with Gasteiger partial charge in [-0.15, -0.1) is 0 Å². The molecule has 2 fully saturated rings. The first-order valence-electron chi connectivity index (χ1n) is 10.2. The Labute approximate surface area is 160 Å². The minimum atomic E-state index is -0.0581. The number of hydrogen-bond donors (Lipinski definition) is 0.